The topological polar surface area (TPSA) is 58.8 Å². The molecule has 22 heavy (non-hydrogen) atoms. The summed E-state index contributed by atoms with van der Waals surface area (Å²) in [5, 5.41) is 6.56. The molecule has 0 bridgehead atoms. The zero-order valence-corrected chi connectivity index (χ0v) is 13.1. The Bertz CT molecular complexity index is 579. The van der Waals surface area contributed by atoms with Gasteiger partial charge in [-0.25, -0.2) is 0 Å². The van der Waals surface area contributed by atoms with Gasteiger partial charge in [-0.1, -0.05) is 18.2 Å². The van der Waals surface area contributed by atoms with Crippen LogP contribution in [0.1, 0.15) is 18.2 Å². The summed E-state index contributed by atoms with van der Waals surface area (Å²) < 4.78 is 10.9. The van der Waals surface area contributed by atoms with E-state index in [0.29, 0.717) is 13.2 Å². The number of nitrogens with one attached hydrogen (secondary N) is 2. The lowest BCUT2D eigenvalue weighted by atomic mass is 10.2. The molecule has 0 aliphatic heterocycles. The Morgan fingerprint density at radius 1 is 1.18 bits per heavy atom. The maximum atomic E-state index is 5.62. The lowest BCUT2D eigenvalue weighted by Gasteiger charge is -2.14. The van der Waals surface area contributed by atoms with E-state index in [1.165, 1.54) is 0 Å². The van der Waals surface area contributed by atoms with Crippen molar-refractivity contribution in [3.8, 4) is 5.75 Å². The molecule has 1 aromatic carbocycles. The number of para-hydroxylation sites is 1. The van der Waals surface area contributed by atoms with E-state index in [0.717, 1.165) is 36.0 Å². The summed E-state index contributed by atoms with van der Waals surface area (Å²) in [5.41, 5.74) is 1.11. The van der Waals surface area contributed by atoms with E-state index in [1.54, 1.807) is 13.3 Å². The second-order valence-corrected chi connectivity index (χ2v) is 4.72. The largest absolute Gasteiger partial charge is 0.494 e. The second kappa shape index (κ2) is 8.77. The average Bonchev–Trinajstić information content (AvgIpc) is 3.05. The molecule has 0 unspecified atom stereocenters. The zero-order valence-electron chi connectivity index (χ0n) is 13.1. The van der Waals surface area contributed by atoms with Crippen LogP contribution < -0.4 is 15.4 Å². The number of ether oxygens (including phenoxy) is 1. The van der Waals surface area contributed by atoms with Gasteiger partial charge in [0.05, 0.1) is 12.9 Å². The van der Waals surface area contributed by atoms with Gasteiger partial charge in [-0.05, 0) is 25.1 Å². The van der Waals surface area contributed by atoms with E-state index in [1.807, 2.05) is 43.3 Å². The normalized spacial score (nSPS) is 11.3. The maximum Gasteiger partial charge on any atom is 0.191 e. The summed E-state index contributed by atoms with van der Waals surface area (Å²) in [6.07, 6.45) is 2.51. The number of nitrogens with zero attached hydrogens (tertiary/aromatic N) is 1. The van der Waals surface area contributed by atoms with E-state index in [4.69, 9.17) is 9.15 Å². The molecular formula is C17H23N3O2. The summed E-state index contributed by atoms with van der Waals surface area (Å²) in [6, 6.07) is 11.9. The van der Waals surface area contributed by atoms with E-state index in [9.17, 15) is 0 Å². The number of benzene rings is 1. The Morgan fingerprint density at radius 2 is 2.05 bits per heavy atom. The number of hydrogen-bond donors (Lipinski definition) is 2. The van der Waals surface area contributed by atoms with Gasteiger partial charge in [0.15, 0.2) is 5.96 Å². The molecule has 0 radical (unpaired) electrons. The summed E-state index contributed by atoms with van der Waals surface area (Å²) in [4.78, 5) is 4.22. The molecule has 5 heteroatoms. The predicted octanol–water partition coefficient (Wildman–Crippen LogP) is 2.59. The Kier molecular flexibility index (Phi) is 6.36. The molecule has 2 N–H and O–H groups in total. The first kappa shape index (κ1) is 15.9. The van der Waals surface area contributed by atoms with Crippen molar-refractivity contribution in [3.63, 3.8) is 0 Å². The highest BCUT2D eigenvalue weighted by atomic mass is 16.5. The molecule has 1 aromatic heterocycles. The van der Waals surface area contributed by atoms with Crippen LogP contribution in [0.3, 0.4) is 0 Å². The van der Waals surface area contributed by atoms with Crippen molar-refractivity contribution in [1.29, 1.82) is 0 Å². The van der Waals surface area contributed by atoms with Crippen molar-refractivity contribution in [2.24, 2.45) is 4.99 Å². The molecule has 0 saturated heterocycles. The Balaban J connectivity index is 1.81. The van der Waals surface area contributed by atoms with Crippen molar-refractivity contribution in [2.45, 2.75) is 19.9 Å². The van der Waals surface area contributed by atoms with Crippen LogP contribution in [-0.4, -0.2) is 26.2 Å². The van der Waals surface area contributed by atoms with Crippen molar-refractivity contribution in [3.05, 3.63) is 54.0 Å². The lowest BCUT2D eigenvalue weighted by Crippen LogP contribution is -2.37. The highest BCUT2D eigenvalue weighted by Gasteiger charge is 2.04. The fourth-order valence-electron chi connectivity index (χ4n) is 2.10. The first-order valence-electron chi connectivity index (χ1n) is 7.51. The van der Waals surface area contributed by atoms with E-state index in [2.05, 4.69) is 15.6 Å². The standard InChI is InChI=1S/C17H23N3O2/c1-3-21-16-9-5-4-7-14(16)13-20-17(18-2)19-11-10-15-8-6-12-22-15/h4-9,12H,3,10-11,13H2,1-2H3,(H2,18,19,20). The molecule has 1 heterocycles. The molecule has 0 aliphatic rings. The van der Waals surface area contributed by atoms with Crippen LogP contribution in [0.2, 0.25) is 0 Å². The SMILES string of the molecule is CCOc1ccccc1CNC(=NC)NCCc1ccco1. The third kappa shape index (κ3) is 4.84. The fourth-order valence-corrected chi connectivity index (χ4v) is 2.10. The van der Waals surface area contributed by atoms with Crippen LogP contribution in [0.5, 0.6) is 5.75 Å². The summed E-state index contributed by atoms with van der Waals surface area (Å²) >= 11 is 0. The number of hydrogen-bond acceptors (Lipinski definition) is 3. The predicted molar refractivity (Wildman–Crippen MR) is 88.2 cm³/mol. The molecule has 0 spiro atoms. The highest BCUT2D eigenvalue weighted by molar-refractivity contribution is 5.79. The third-order valence-corrected chi connectivity index (χ3v) is 3.19. The summed E-state index contributed by atoms with van der Waals surface area (Å²) in [6.45, 7) is 4.07. The van der Waals surface area contributed by atoms with Crippen LogP contribution in [-0.2, 0) is 13.0 Å². The molecule has 5 nitrogen and oxygen atoms in total. The molecule has 0 amide bonds. The van der Waals surface area contributed by atoms with Gasteiger partial charge in [-0.15, -0.1) is 0 Å². The Morgan fingerprint density at radius 3 is 2.77 bits per heavy atom. The molecule has 2 rings (SSSR count). The first-order valence-corrected chi connectivity index (χ1v) is 7.51. The molecule has 2 aromatic rings. The molecule has 0 saturated carbocycles. The molecule has 118 valence electrons. The molecule has 0 atom stereocenters. The van der Waals surface area contributed by atoms with Crippen molar-refractivity contribution in [1.82, 2.24) is 10.6 Å². The summed E-state index contributed by atoms with van der Waals surface area (Å²) in [7, 11) is 1.76. The second-order valence-electron chi connectivity index (χ2n) is 4.72. The van der Waals surface area contributed by atoms with Gasteiger partial charge in [-0.3, -0.25) is 4.99 Å². The van der Waals surface area contributed by atoms with Gasteiger partial charge in [0.25, 0.3) is 0 Å². The van der Waals surface area contributed by atoms with Gasteiger partial charge in [0.1, 0.15) is 11.5 Å². The minimum absolute atomic E-state index is 0.660. The highest BCUT2D eigenvalue weighted by Crippen LogP contribution is 2.17. The van der Waals surface area contributed by atoms with Crippen molar-refractivity contribution in [2.75, 3.05) is 20.2 Å². The van der Waals surface area contributed by atoms with Gasteiger partial charge in [-0.2, -0.15) is 0 Å². The third-order valence-electron chi connectivity index (χ3n) is 3.19. The van der Waals surface area contributed by atoms with Gasteiger partial charge < -0.3 is 19.8 Å². The molecular weight excluding hydrogens is 278 g/mol. The molecule has 0 aliphatic carbocycles. The van der Waals surface area contributed by atoms with Crippen LogP contribution >= 0.6 is 0 Å². The monoisotopic (exact) mass is 301 g/mol. The Hall–Kier alpha value is -2.43. The number of aliphatic imine (C=N–C) groups is 1. The quantitative estimate of drug-likeness (QED) is 0.609. The number of guanidine groups is 1. The minimum atomic E-state index is 0.660. The zero-order chi connectivity index (χ0) is 15.6. The Labute approximate surface area is 131 Å². The minimum Gasteiger partial charge on any atom is -0.494 e. The van der Waals surface area contributed by atoms with Crippen LogP contribution in [0, 0.1) is 0 Å². The van der Waals surface area contributed by atoms with E-state index >= 15 is 0 Å². The van der Waals surface area contributed by atoms with Crippen molar-refractivity contribution < 1.29 is 9.15 Å². The van der Waals surface area contributed by atoms with Gasteiger partial charge in [0, 0.05) is 32.1 Å². The van der Waals surface area contributed by atoms with E-state index < -0.39 is 0 Å². The average molecular weight is 301 g/mol. The summed E-state index contributed by atoms with van der Waals surface area (Å²) in [5.74, 6) is 2.63. The van der Waals surface area contributed by atoms with Gasteiger partial charge >= 0.3 is 0 Å². The smallest absolute Gasteiger partial charge is 0.191 e. The van der Waals surface area contributed by atoms with Crippen LogP contribution in [0.15, 0.2) is 52.1 Å². The number of furan rings is 1. The van der Waals surface area contributed by atoms with Crippen molar-refractivity contribution >= 4 is 5.96 Å². The lowest BCUT2D eigenvalue weighted by molar-refractivity contribution is 0.336. The van der Waals surface area contributed by atoms with Gasteiger partial charge in [0.2, 0.25) is 0 Å². The molecule has 0 fully saturated rings. The van der Waals surface area contributed by atoms with Crippen LogP contribution in [0.25, 0.3) is 0 Å². The fraction of sp³-hybridized carbons (Fsp3) is 0.353. The first-order chi connectivity index (χ1) is 10.8. The number of rotatable bonds is 7. The van der Waals surface area contributed by atoms with E-state index in [-0.39, 0.29) is 0 Å². The maximum absolute atomic E-state index is 5.62. The van der Waals surface area contributed by atoms with Crippen LogP contribution in [0.4, 0.5) is 0 Å².